The van der Waals surface area contributed by atoms with Crippen LogP contribution in [0.4, 0.5) is 10.6 Å². The zero-order chi connectivity index (χ0) is 23.0. The molecule has 0 radical (unpaired) electrons. The van der Waals surface area contributed by atoms with E-state index >= 15 is 0 Å². The summed E-state index contributed by atoms with van der Waals surface area (Å²) in [5.41, 5.74) is 1.78. The van der Waals surface area contributed by atoms with Crippen molar-refractivity contribution < 1.29 is 9.90 Å². The fourth-order valence-corrected chi connectivity index (χ4v) is 4.27. The molecule has 8 nitrogen and oxygen atoms in total. The molecule has 0 atom stereocenters. The molecule has 0 fully saturated rings. The summed E-state index contributed by atoms with van der Waals surface area (Å²) < 4.78 is 5.68. The number of rotatable bonds is 5. The summed E-state index contributed by atoms with van der Waals surface area (Å²) in [7, 11) is 1.44. The number of fused-ring (bicyclic) bond motifs is 1. The fourth-order valence-electron chi connectivity index (χ4n) is 3.80. The molecule has 2 aromatic carbocycles. The zero-order valence-corrected chi connectivity index (χ0v) is 18.6. The predicted octanol–water partition coefficient (Wildman–Crippen LogP) is 4.25. The van der Waals surface area contributed by atoms with Crippen LogP contribution in [0.5, 0.6) is 0 Å². The molecule has 0 unspecified atom stereocenters. The quantitative estimate of drug-likeness (QED) is 0.473. The van der Waals surface area contributed by atoms with E-state index in [0.717, 1.165) is 22.0 Å². The largest absolute Gasteiger partial charge is 0.465 e. The van der Waals surface area contributed by atoms with Gasteiger partial charge in [-0.2, -0.15) is 4.37 Å². The molecule has 0 aliphatic carbocycles. The molecule has 9 heteroatoms. The van der Waals surface area contributed by atoms with Crippen LogP contribution in [-0.2, 0) is 6.54 Å². The Kier molecular flexibility index (Phi) is 5.67. The van der Waals surface area contributed by atoms with Gasteiger partial charge in [0.15, 0.2) is 5.82 Å². The number of H-pyrrole nitrogens is 1. The van der Waals surface area contributed by atoms with Crippen molar-refractivity contribution >= 4 is 34.2 Å². The molecular weight excluding hydrogens is 428 g/mol. The lowest BCUT2D eigenvalue weighted by molar-refractivity contribution is 0.203. The van der Waals surface area contributed by atoms with Crippen LogP contribution in [0.25, 0.3) is 33.3 Å². The van der Waals surface area contributed by atoms with Gasteiger partial charge in [0.05, 0.1) is 0 Å². The normalized spacial score (nSPS) is 11.2. The minimum Gasteiger partial charge on any atom is -0.465 e. The van der Waals surface area contributed by atoms with Crippen LogP contribution in [0, 0.1) is 5.92 Å². The Morgan fingerprint density at radius 1 is 1.12 bits per heavy atom. The Morgan fingerprint density at radius 3 is 2.44 bits per heavy atom. The maximum Gasteiger partial charge on any atom is 0.412 e. The van der Waals surface area contributed by atoms with Crippen LogP contribution >= 0.6 is 11.5 Å². The highest BCUT2D eigenvalue weighted by Gasteiger charge is 2.25. The van der Waals surface area contributed by atoms with Crippen molar-refractivity contribution in [1.29, 1.82) is 0 Å². The number of amides is 1. The van der Waals surface area contributed by atoms with Gasteiger partial charge < -0.3 is 5.11 Å². The first-order valence-corrected chi connectivity index (χ1v) is 10.8. The molecular formula is C23H22N4O4S. The molecule has 32 heavy (non-hydrogen) atoms. The van der Waals surface area contributed by atoms with Crippen LogP contribution in [0.15, 0.2) is 58.1 Å². The third-order valence-electron chi connectivity index (χ3n) is 5.17. The maximum absolute atomic E-state index is 13.5. The number of benzene rings is 2. The third kappa shape index (κ3) is 3.82. The van der Waals surface area contributed by atoms with E-state index in [1.54, 1.807) is 18.2 Å². The van der Waals surface area contributed by atoms with Crippen LogP contribution in [-0.4, -0.2) is 32.2 Å². The molecule has 0 spiro atoms. The number of aromatic nitrogens is 3. The summed E-state index contributed by atoms with van der Waals surface area (Å²) in [6, 6.07) is 14.6. The maximum atomic E-state index is 13.5. The van der Waals surface area contributed by atoms with Crippen molar-refractivity contribution in [1.82, 2.24) is 13.9 Å². The van der Waals surface area contributed by atoms with Crippen LogP contribution in [0.2, 0.25) is 0 Å². The summed E-state index contributed by atoms with van der Waals surface area (Å²) >= 11 is 0.817. The van der Waals surface area contributed by atoms with Gasteiger partial charge in [-0.1, -0.05) is 50.2 Å². The minimum absolute atomic E-state index is 0.120. The van der Waals surface area contributed by atoms with E-state index in [9.17, 15) is 19.5 Å². The van der Waals surface area contributed by atoms with Crippen LogP contribution in [0.3, 0.4) is 0 Å². The standard InChI is InChI=1S/C23H22N4O4S/c1-13(2)12-27-20(26(3)23(30)31)18(14-7-5-4-6-8-14)17-11-15(9-10-16(17)21(27)28)19-24-22(29)32-25-19/h4-11,13H,12H2,1-3H3,(H,30,31)(H,24,25,29). The second-order valence-corrected chi connectivity index (χ2v) is 8.66. The summed E-state index contributed by atoms with van der Waals surface area (Å²) in [4.78, 5) is 40.7. The first-order chi connectivity index (χ1) is 15.3. The SMILES string of the molecule is CC(C)Cn1c(N(C)C(=O)O)c(-c2ccccc2)c2cc(-c3nsc(=O)[nH]3)ccc2c1=O. The Bertz CT molecular complexity index is 1420. The lowest BCUT2D eigenvalue weighted by Crippen LogP contribution is -2.34. The summed E-state index contributed by atoms with van der Waals surface area (Å²) in [5, 5.41) is 10.9. The van der Waals surface area contributed by atoms with E-state index in [2.05, 4.69) is 9.36 Å². The van der Waals surface area contributed by atoms with Gasteiger partial charge in [0.1, 0.15) is 5.82 Å². The van der Waals surface area contributed by atoms with Crippen molar-refractivity contribution in [3.05, 3.63) is 68.6 Å². The predicted molar refractivity (Wildman–Crippen MR) is 127 cm³/mol. The van der Waals surface area contributed by atoms with Crippen LogP contribution < -0.4 is 15.3 Å². The molecule has 0 aliphatic rings. The van der Waals surface area contributed by atoms with Gasteiger partial charge >= 0.3 is 11.0 Å². The number of carbonyl (C=O) groups is 1. The molecule has 0 saturated heterocycles. The Hall–Kier alpha value is -3.72. The van der Waals surface area contributed by atoms with Crippen molar-refractivity contribution in [2.24, 2.45) is 5.92 Å². The molecule has 4 aromatic rings. The van der Waals surface area contributed by atoms with Gasteiger partial charge in [-0.15, -0.1) is 0 Å². The number of aromatic amines is 1. The van der Waals surface area contributed by atoms with E-state index in [1.165, 1.54) is 11.6 Å². The fraction of sp³-hybridized carbons (Fsp3) is 0.217. The van der Waals surface area contributed by atoms with E-state index in [-0.39, 0.29) is 16.4 Å². The number of pyridine rings is 1. The molecule has 2 N–H and O–H groups in total. The highest BCUT2D eigenvalue weighted by molar-refractivity contribution is 7.03. The summed E-state index contributed by atoms with van der Waals surface area (Å²) in [5.74, 6) is 0.827. The second-order valence-electron chi connectivity index (χ2n) is 7.92. The van der Waals surface area contributed by atoms with Gasteiger partial charge in [-0.25, -0.2) is 4.79 Å². The molecule has 164 valence electrons. The minimum atomic E-state index is -1.17. The van der Waals surface area contributed by atoms with Crippen molar-refractivity contribution in [2.45, 2.75) is 20.4 Å². The van der Waals surface area contributed by atoms with E-state index < -0.39 is 6.09 Å². The molecule has 0 saturated carbocycles. The third-order valence-corrected chi connectivity index (χ3v) is 5.71. The molecule has 2 heterocycles. The Balaban J connectivity index is 2.17. The molecule has 2 aromatic heterocycles. The highest BCUT2D eigenvalue weighted by Crippen LogP contribution is 2.37. The van der Waals surface area contributed by atoms with Crippen molar-refractivity contribution in [3.63, 3.8) is 0 Å². The number of nitrogens with zero attached hydrogens (tertiary/aromatic N) is 3. The lowest BCUT2D eigenvalue weighted by atomic mass is 9.96. The number of carboxylic acid groups (broad SMARTS) is 1. The van der Waals surface area contributed by atoms with Crippen molar-refractivity contribution in [2.75, 3.05) is 11.9 Å². The van der Waals surface area contributed by atoms with Crippen LogP contribution in [0.1, 0.15) is 13.8 Å². The van der Waals surface area contributed by atoms with E-state index in [1.807, 2.05) is 44.2 Å². The first-order valence-electron chi connectivity index (χ1n) is 10.1. The van der Waals surface area contributed by atoms with E-state index in [0.29, 0.717) is 40.1 Å². The van der Waals surface area contributed by atoms with Crippen molar-refractivity contribution in [3.8, 4) is 22.5 Å². The first kappa shape index (κ1) is 21.5. The molecule has 0 bridgehead atoms. The summed E-state index contributed by atoms with van der Waals surface area (Å²) in [6.07, 6.45) is -1.17. The molecule has 0 aliphatic heterocycles. The van der Waals surface area contributed by atoms with E-state index in [4.69, 9.17) is 0 Å². The zero-order valence-electron chi connectivity index (χ0n) is 17.8. The Morgan fingerprint density at radius 2 is 1.84 bits per heavy atom. The number of hydrogen-bond donors (Lipinski definition) is 2. The van der Waals surface area contributed by atoms with Gasteiger partial charge in [-0.05, 0) is 29.0 Å². The highest BCUT2D eigenvalue weighted by atomic mass is 32.1. The van der Waals surface area contributed by atoms with Gasteiger partial charge in [0, 0.05) is 41.6 Å². The summed E-state index contributed by atoms with van der Waals surface area (Å²) in [6.45, 7) is 4.32. The number of anilines is 1. The Labute approximate surface area is 187 Å². The van der Waals surface area contributed by atoms with Gasteiger partial charge in [-0.3, -0.25) is 24.0 Å². The topological polar surface area (TPSA) is 108 Å². The smallest absolute Gasteiger partial charge is 0.412 e. The molecule has 1 amide bonds. The monoisotopic (exact) mass is 450 g/mol. The lowest BCUT2D eigenvalue weighted by Gasteiger charge is -2.26. The average molecular weight is 451 g/mol. The number of hydrogen-bond acceptors (Lipinski definition) is 5. The second kappa shape index (κ2) is 8.43. The average Bonchev–Trinajstić information content (AvgIpc) is 3.21. The van der Waals surface area contributed by atoms with Gasteiger partial charge in [0.2, 0.25) is 0 Å². The van der Waals surface area contributed by atoms with Gasteiger partial charge in [0.25, 0.3) is 5.56 Å². The number of nitrogens with one attached hydrogen (secondary N) is 1. The molecule has 4 rings (SSSR count).